The summed E-state index contributed by atoms with van der Waals surface area (Å²) in [6.45, 7) is 8.44. The monoisotopic (exact) mass is 330 g/mol. The van der Waals surface area contributed by atoms with E-state index in [0.29, 0.717) is 22.7 Å². The maximum Gasteiger partial charge on any atom is 0.252 e. The standard InChI is InChI=1S/C15H26N2O2S2/c1-5-15(3)6-8-17(9-7-15)21(18,19)14-10-12(2)13(20-14)11-16-4/h10,16H,5-9,11H2,1-4H3. The minimum Gasteiger partial charge on any atom is -0.315 e. The van der Waals surface area contributed by atoms with E-state index in [1.54, 1.807) is 4.31 Å². The Kier molecular flexibility index (Phi) is 5.13. The first kappa shape index (κ1) is 16.9. The van der Waals surface area contributed by atoms with Gasteiger partial charge in [0.05, 0.1) is 0 Å². The van der Waals surface area contributed by atoms with Gasteiger partial charge in [0, 0.05) is 24.5 Å². The van der Waals surface area contributed by atoms with Crippen LogP contribution in [0.3, 0.4) is 0 Å². The van der Waals surface area contributed by atoms with Gasteiger partial charge in [-0.15, -0.1) is 11.3 Å². The van der Waals surface area contributed by atoms with Gasteiger partial charge in [-0.25, -0.2) is 8.42 Å². The quantitative estimate of drug-likeness (QED) is 0.903. The van der Waals surface area contributed by atoms with E-state index in [2.05, 4.69) is 19.2 Å². The molecule has 0 aliphatic carbocycles. The van der Waals surface area contributed by atoms with Crippen molar-refractivity contribution >= 4 is 21.4 Å². The van der Waals surface area contributed by atoms with Crippen molar-refractivity contribution in [2.45, 2.75) is 50.8 Å². The van der Waals surface area contributed by atoms with Crippen molar-refractivity contribution in [1.82, 2.24) is 9.62 Å². The fourth-order valence-corrected chi connectivity index (χ4v) is 5.90. The molecule has 2 heterocycles. The topological polar surface area (TPSA) is 49.4 Å². The highest BCUT2D eigenvalue weighted by atomic mass is 32.2. The van der Waals surface area contributed by atoms with E-state index >= 15 is 0 Å². The molecule has 0 amide bonds. The highest BCUT2D eigenvalue weighted by Crippen LogP contribution is 2.37. The fraction of sp³-hybridized carbons (Fsp3) is 0.733. The lowest BCUT2D eigenvalue weighted by molar-refractivity contribution is 0.169. The van der Waals surface area contributed by atoms with E-state index in [9.17, 15) is 8.42 Å². The van der Waals surface area contributed by atoms with Crippen LogP contribution in [0.4, 0.5) is 0 Å². The van der Waals surface area contributed by atoms with E-state index in [-0.39, 0.29) is 0 Å². The van der Waals surface area contributed by atoms with Crippen LogP contribution in [0.2, 0.25) is 0 Å². The van der Waals surface area contributed by atoms with Crippen LogP contribution in [0.15, 0.2) is 10.3 Å². The third-order valence-electron chi connectivity index (χ3n) is 4.71. The van der Waals surface area contributed by atoms with E-state index in [0.717, 1.165) is 36.2 Å². The molecule has 1 aromatic heterocycles. The molecule has 1 saturated heterocycles. The van der Waals surface area contributed by atoms with Gasteiger partial charge in [0.25, 0.3) is 10.0 Å². The van der Waals surface area contributed by atoms with Crippen LogP contribution in [0.5, 0.6) is 0 Å². The molecule has 0 bridgehead atoms. The van der Waals surface area contributed by atoms with Crippen LogP contribution in [0, 0.1) is 12.3 Å². The molecule has 0 spiro atoms. The van der Waals surface area contributed by atoms with Gasteiger partial charge in [0.2, 0.25) is 0 Å². The Morgan fingerprint density at radius 3 is 2.52 bits per heavy atom. The number of nitrogens with zero attached hydrogens (tertiary/aromatic N) is 1. The van der Waals surface area contributed by atoms with Gasteiger partial charge < -0.3 is 5.32 Å². The second kappa shape index (κ2) is 6.36. The summed E-state index contributed by atoms with van der Waals surface area (Å²) in [5.41, 5.74) is 1.36. The van der Waals surface area contributed by atoms with Crippen molar-refractivity contribution in [1.29, 1.82) is 0 Å². The lowest BCUT2D eigenvalue weighted by atomic mass is 9.79. The Hall–Kier alpha value is -0.430. The maximum absolute atomic E-state index is 12.8. The fourth-order valence-electron chi connectivity index (χ4n) is 2.70. The average molecular weight is 331 g/mol. The van der Waals surface area contributed by atoms with Crippen LogP contribution in [0.1, 0.15) is 43.6 Å². The van der Waals surface area contributed by atoms with Crippen LogP contribution in [-0.4, -0.2) is 32.9 Å². The Bertz CT molecular complexity index is 585. The van der Waals surface area contributed by atoms with Gasteiger partial charge >= 0.3 is 0 Å². The zero-order chi connectivity index (χ0) is 15.7. The molecular formula is C15H26N2O2S2. The van der Waals surface area contributed by atoms with Gasteiger partial charge in [0.1, 0.15) is 4.21 Å². The number of rotatable bonds is 5. The van der Waals surface area contributed by atoms with Crippen molar-refractivity contribution < 1.29 is 8.42 Å². The molecule has 1 N–H and O–H groups in total. The molecule has 0 saturated carbocycles. The zero-order valence-corrected chi connectivity index (χ0v) is 15.0. The smallest absolute Gasteiger partial charge is 0.252 e. The summed E-state index contributed by atoms with van der Waals surface area (Å²) in [6.07, 6.45) is 3.03. The summed E-state index contributed by atoms with van der Waals surface area (Å²) >= 11 is 1.40. The average Bonchev–Trinajstić information content (AvgIpc) is 2.82. The zero-order valence-electron chi connectivity index (χ0n) is 13.4. The summed E-state index contributed by atoms with van der Waals surface area (Å²) in [5.74, 6) is 0. The van der Waals surface area contributed by atoms with Crippen molar-refractivity contribution in [2.75, 3.05) is 20.1 Å². The van der Waals surface area contributed by atoms with Crippen LogP contribution >= 0.6 is 11.3 Å². The molecule has 0 radical (unpaired) electrons. The largest absolute Gasteiger partial charge is 0.315 e. The Morgan fingerprint density at radius 1 is 1.38 bits per heavy atom. The maximum atomic E-state index is 12.8. The van der Waals surface area contributed by atoms with Crippen LogP contribution in [0.25, 0.3) is 0 Å². The van der Waals surface area contributed by atoms with Crippen LogP contribution in [-0.2, 0) is 16.6 Å². The molecule has 0 aromatic carbocycles. The van der Waals surface area contributed by atoms with Crippen molar-refractivity contribution in [3.8, 4) is 0 Å². The first-order valence-corrected chi connectivity index (χ1v) is 9.82. The lowest BCUT2D eigenvalue weighted by Gasteiger charge is -2.37. The number of hydrogen-bond donors (Lipinski definition) is 1. The van der Waals surface area contributed by atoms with Crippen molar-refractivity contribution in [3.05, 3.63) is 16.5 Å². The van der Waals surface area contributed by atoms with E-state index in [1.165, 1.54) is 11.3 Å². The summed E-state index contributed by atoms with van der Waals surface area (Å²) in [4.78, 5) is 1.10. The van der Waals surface area contributed by atoms with Crippen molar-refractivity contribution in [3.63, 3.8) is 0 Å². The van der Waals surface area contributed by atoms with Gasteiger partial charge in [-0.3, -0.25) is 0 Å². The highest BCUT2D eigenvalue weighted by molar-refractivity contribution is 7.91. The van der Waals surface area contributed by atoms with Gasteiger partial charge in [-0.1, -0.05) is 20.3 Å². The first-order chi connectivity index (χ1) is 9.82. The molecule has 120 valence electrons. The normalized spacial score (nSPS) is 19.8. The Balaban J connectivity index is 2.17. The highest BCUT2D eigenvalue weighted by Gasteiger charge is 2.35. The molecule has 1 fully saturated rings. The van der Waals surface area contributed by atoms with Crippen molar-refractivity contribution in [2.24, 2.45) is 5.41 Å². The minimum atomic E-state index is -3.32. The molecule has 1 aliphatic rings. The Labute approximate surface area is 132 Å². The molecule has 1 aromatic rings. The summed E-state index contributed by atoms with van der Waals surface area (Å²) < 4.78 is 27.7. The predicted molar refractivity (Wildman–Crippen MR) is 88.2 cm³/mol. The second-order valence-electron chi connectivity index (χ2n) is 6.27. The van der Waals surface area contributed by atoms with Gasteiger partial charge in [0.15, 0.2) is 0 Å². The molecule has 0 atom stereocenters. The second-order valence-corrected chi connectivity index (χ2v) is 9.57. The third kappa shape index (κ3) is 3.50. The molecule has 6 heteroatoms. The molecule has 0 unspecified atom stereocenters. The SMILES string of the molecule is CCC1(C)CCN(S(=O)(=O)c2cc(C)c(CNC)s2)CC1. The molecule has 21 heavy (non-hydrogen) atoms. The molecule has 4 nitrogen and oxygen atoms in total. The van der Waals surface area contributed by atoms with E-state index < -0.39 is 10.0 Å². The number of aryl methyl sites for hydroxylation is 1. The summed E-state index contributed by atoms with van der Waals surface area (Å²) in [5, 5.41) is 3.09. The van der Waals surface area contributed by atoms with Gasteiger partial charge in [-0.05, 0) is 43.9 Å². The molecule has 1 aliphatic heterocycles. The molecular weight excluding hydrogens is 304 g/mol. The van der Waals surface area contributed by atoms with E-state index in [1.807, 2.05) is 20.0 Å². The minimum absolute atomic E-state index is 0.300. The van der Waals surface area contributed by atoms with Gasteiger partial charge in [-0.2, -0.15) is 4.31 Å². The third-order valence-corrected chi connectivity index (χ3v) is 8.30. The van der Waals surface area contributed by atoms with E-state index in [4.69, 9.17) is 0 Å². The summed E-state index contributed by atoms with van der Waals surface area (Å²) in [7, 11) is -1.44. The predicted octanol–water partition coefficient (Wildman–Crippen LogP) is 2.98. The number of nitrogens with one attached hydrogen (secondary N) is 1. The molecule has 2 rings (SSSR count). The number of hydrogen-bond acceptors (Lipinski definition) is 4. The van der Waals surface area contributed by atoms with Crippen LogP contribution < -0.4 is 5.32 Å². The number of sulfonamides is 1. The summed E-state index contributed by atoms with van der Waals surface area (Å²) in [6, 6.07) is 1.82. The lowest BCUT2D eigenvalue weighted by Crippen LogP contribution is -2.41. The number of piperidine rings is 1. The Morgan fingerprint density at radius 2 is 2.00 bits per heavy atom. The number of thiophene rings is 1. The first-order valence-electron chi connectivity index (χ1n) is 7.56.